The van der Waals surface area contributed by atoms with Crippen LogP contribution in [-0.2, 0) is 4.74 Å². The second-order valence-corrected chi connectivity index (χ2v) is 4.40. The van der Waals surface area contributed by atoms with E-state index in [0.717, 1.165) is 12.1 Å². The molecule has 1 aromatic rings. The Balaban J connectivity index is 2.21. The second-order valence-electron chi connectivity index (χ2n) is 4.40. The van der Waals surface area contributed by atoms with Crippen molar-refractivity contribution in [1.29, 1.82) is 0 Å². The van der Waals surface area contributed by atoms with Crippen molar-refractivity contribution < 1.29 is 23.0 Å². The maximum Gasteiger partial charge on any atom is 0.194 e. The minimum Gasteiger partial charge on any atom is -0.392 e. The van der Waals surface area contributed by atoms with Gasteiger partial charge in [-0.05, 0) is 24.6 Å². The van der Waals surface area contributed by atoms with Gasteiger partial charge in [-0.25, -0.2) is 13.2 Å². The van der Waals surface area contributed by atoms with Crippen molar-refractivity contribution in [2.24, 2.45) is 0 Å². The summed E-state index contributed by atoms with van der Waals surface area (Å²) in [5.41, 5.74) is 0.261. The molecule has 0 aliphatic carbocycles. The lowest BCUT2D eigenvalue weighted by Gasteiger charge is -2.33. The molecule has 3 nitrogen and oxygen atoms in total. The number of benzene rings is 1. The van der Waals surface area contributed by atoms with Crippen molar-refractivity contribution in [1.82, 2.24) is 5.32 Å². The fourth-order valence-electron chi connectivity index (χ4n) is 1.91. The van der Waals surface area contributed by atoms with E-state index in [1.807, 2.05) is 0 Å². The Morgan fingerprint density at radius 1 is 1.28 bits per heavy atom. The summed E-state index contributed by atoms with van der Waals surface area (Å²) in [4.78, 5) is 0. The molecule has 1 saturated heterocycles. The van der Waals surface area contributed by atoms with Gasteiger partial charge in [-0.15, -0.1) is 0 Å². The summed E-state index contributed by atoms with van der Waals surface area (Å²) in [5.74, 6) is -3.94. The number of halogens is 3. The van der Waals surface area contributed by atoms with E-state index < -0.39 is 29.6 Å². The average Bonchev–Trinajstić information content (AvgIpc) is 2.35. The van der Waals surface area contributed by atoms with Crippen molar-refractivity contribution in [3.05, 3.63) is 35.1 Å². The molecule has 2 N–H and O–H groups in total. The highest BCUT2D eigenvalue weighted by Crippen LogP contribution is 2.22. The Kier molecular flexibility index (Phi) is 3.89. The van der Waals surface area contributed by atoms with Crippen LogP contribution in [0.25, 0.3) is 0 Å². The molecule has 0 amide bonds. The zero-order valence-corrected chi connectivity index (χ0v) is 9.79. The lowest BCUT2D eigenvalue weighted by atomic mass is 10.0. The number of morpholine rings is 1. The summed E-state index contributed by atoms with van der Waals surface area (Å²) in [6.07, 6.45) is -0.650. The van der Waals surface area contributed by atoms with Crippen LogP contribution < -0.4 is 5.32 Å². The molecule has 1 heterocycles. The standard InChI is InChI=1S/C12H14F3NO2/c1-6(17)10-4-18-5-11(16-10)7-2-8(13)12(15)9(14)3-7/h2-3,6,10-11,16-17H,4-5H2,1H3/t6?,10-,11+/m1/s1. The lowest BCUT2D eigenvalue weighted by molar-refractivity contribution is 0.00106. The molecule has 6 heteroatoms. The molecule has 1 unspecified atom stereocenters. The Morgan fingerprint density at radius 3 is 2.44 bits per heavy atom. The second kappa shape index (κ2) is 5.26. The van der Waals surface area contributed by atoms with Crippen LogP contribution in [0.3, 0.4) is 0 Å². The van der Waals surface area contributed by atoms with Crippen molar-refractivity contribution in [3.8, 4) is 0 Å². The van der Waals surface area contributed by atoms with Gasteiger partial charge in [-0.1, -0.05) is 0 Å². The van der Waals surface area contributed by atoms with E-state index in [2.05, 4.69) is 5.32 Å². The number of nitrogens with one attached hydrogen (secondary N) is 1. The first-order valence-corrected chi connectivity index (χ1v) is 5.65. The van der Waals surface area contributed by atoms with Gasteiger partial charge in [0.15, 0.2) is 17.5 Å². The number of hydrogen-bond donors (Lipinski definition) is 2. The molecule has 3 atom stereocenters. The summed E-state index contributed by atoms with van der Waals surface area (Å²) in [7, 11) is 0. The molecule has 1 aromatic carbocycles. The lowest BCUT2D eigenvalue weighted by Crippen LogP contribution is -2.49. The highest BCUT2D eigenvalue weighted by molar-refractivity contribution is 5.23. The van der Waals surface area contributed by atoms with Gasteiger partial charge in [0.1, 0.15) is 0 Å². The van der Waals surface area contributed by atoms with Crippen LogP contribution in [0.15, 0.2) is 12.1 Å². The van der Waals surface area contributed by atoms with E-state index >= 15 is 0 Å². The van der Waals surface area contributed by atoms with E-state index in [0.29, 0.717) is 6.61 Å². The third kappa shape index (κ3) is 2.66. The van der Waals surface area contributed by atoms with Crippen LogP contribution in [0.4, 0.5) is 13.2 Å². The van der Waals surface area contributed by atoms with Gasteiger partial charge in [-0.3, -0.25) is 0 Å². The Labute approximate surface area is 103 Å². The van der Waals surface area contributed by atoms with Gasteiger partial charge in [0.25, 0.3) is 0 Å². The van der Waals surface area contributed by atoms with Crippen molar-refractivity contribution in [3.63, 3.8) is 0 Å². The molecule has 1 aliphatic heterocycles. The number of aliphatic hydroxyl groups is 1. The van der Waals surface area contributed by atoms with Crippen molar-refractivity contribution in [2.75, 3.05) is 13.2 Å². The van der Waals surface area contributed by atoms with E-state index in [-0.39, 0.29) is 18.2 Å². The SMILES string of the molecule is CC(O)[C@H]1COC[C@@H](c2cc(F)c(F)c(F)c2)N1. The Bertz CT molecular complexity index is 416. The highest BCUT2D eigenvalue weighted by atomic mass is 19.2. The third-order valence-corrected chi connectivity index (χ3v) is 2.99. The van der Waals surface area contributed by atoms with E-state index in [1.54, 1.807) is 6.92 Å². The normalized spacial score (nSPS) is 26.1. The number of hydrogen-bond acceptors (Lipinski definition) is 3. The molecule has 1 aliphatic rings. The zero-order valence-electron chi connectivity index (χ0n) is 9.79. The smallest absolute Gasteiger partial charge is 0.194 e. The molecule has 0 radical (unpaired) electrons. The van der Waals surface area contributed by atoms with Crippen molar-refractivity contribution >= 4 is 0 Å². The molecular formula is C12H14F3NO2. The van der Waals surface area contributed by atoms with Gasteiger partial charge >= 0.3 is 0 Å². The monoisotopic (exact) mass is 261 g/mol. The molecule has 0 spiro atoms. The Hall–Kier alpha value is -1.11. The molecule has 100 valence electrons. The highest BCUT2D eigenvalue weighted by Gasteiger charge is 2.27. The van der Waals surface area contributed by atoms with Crippen LogP contribution in [0.1, 0.15) is 18.5 Å². The van der Waals surface area contributed by atoms with Crippen LogP contribution in [0.2, 0.25) is 0 Å². The van der Waals surface area contributed by atoms with Gasteiger partial charge in [0.05, 0.1) is 31.4 Å². The average molecular weight is 261 g/mol. The third-order valence-electron chi connectivity index (χ3n) is 2.99. The molecule has 1 fully saturated rings. The summed E-state index contributed by atoms with van der Waals surface area (Å²) in [6, 6.07) is 1.08. The maximum atomic E-state index is 13.1. The van der Waals surface area contributed by atoms with Crippen LogP contribution >= 0.6 is 0 Å². The minimum absolute atomic E-state index is 0.216. The predicted molar refractivity (Wildman–Crippen MR) is 58.5 cm³/mol. The first kappa shape index (κ1) is 13.3. The number of ether oxygens (including phenoxy) is 1. The van der Waals surface area contributed by atoms with Gasteiger partial charge < -0.3 is 15.2 Å². The fraction of sp³-hybridized carbons (Fsp3) is 0.500. The summed E-state index contributed by atoms with van der Waals surface area (Å²) in [6.45, 7) is 2.13. The first-order valence-electron chi connectivity index (χ1n) is 5.65. The van der Waals surface area contributed by atoms with E-state index in [1.165, 1.54) is 0 Å². The van der Waals surface area contributed by atoms with Crippen LogP contribution in [0, 0.1) is 17.5 Å². The van der Waals surface area contributed by atoms with Crippen LogP contribution in [-0.4, -0.2) is 30.5 Å². The largest absolute Gasteiger partial charge is 0.392 e. The van der Waals surface area contributed by atoms with Gasteiger partial charge in [0, 0.05) is 0 Å². The van der Waals surface area contributed by atoms with E-state index in [4.69, 9.17) is 4.74 Å². The Morgan fingerprint density at radius 2 is 1.89 bits per heavy atom. The maximum absolute atomic E-state index is 13.1. The van der Waals surface area contributed by atoms with Gasteiger partial charge in [0.2, 0.25) is 0 Å². The van der Waals surface area contributed by atoms with Crippen LogP contribution in [0.5, 0.6) is 0 Å². The molecule has 0 saturated carbocycles. The minimum atomic E-state index is -1.48. The first-order chi connectivity index (χ1) is 8.49. The summed E-state index contributed by atoms with van der Waals surface area (Å²) < 4.78 is 44.3. The van der Waals surface area contributed by atoms with Gasteiger partial charge in [-0.2, -0.15) is 0 Å². The van der Waals surface area contributed by atoms with Crippen molar-refractivity contribution in [2.45, 2.75) is 25.1 Å². The quantitative estimate of drug-likeness (QED) is 0.793. The van der Waals surface area contributed by atoms with E-state index in [9.17, 15) is 18.3 Å². The topological polar surface area (TPSA) is 41.5 Å². The number of rotatable bonds is 2. The summed E-state index contributed by atoms with van der Waals surface area (Å²) >= 11 is 0. The fourth-order valence-corrected chi connectivity index (χ4v) is 1.91. The number of aliphatic hydroxyl groups excluding tert-OH is 1. The zero-order chi connectivity index (χ0) is 13.3. The molecule has 0 aromatic heterocycles. The molecule has 18 heavy (non-hydrogen) atoms. The predicted octanol–water partition coefficient (Wildman–Crippen LogP) is 1.51. The molecular weight excluding hydrogens is 247 g/mol. The molecule has 2 rings (SSSR count). The summed E-state index contributed by atoms with van der Waals surface area (Å²) in [5, 5.41) is 12.5. The molecule has 0 bridgehead atoms.